The van der Waals surface area contributed by atoms with Crippen LogP contribution in [0.3, 0.4) is 0 Å². The maximum atomic E-state index is 12.2. The monoisotopic (exact) mass is 398 g/mol. The van der Waals surface area contributed by atoms with Crippen molar-refractivity contribution in [3.8, 4) is 5.75 Å². The second-order valence-electron chi connectivity index (χ2n) is 5.84. The first-order valence-electron chi connectivity index (χ1n) is 8.04. The molecule has 1 amide bonds. The van der Waals surface area contributed by atoms with E-state index in [9.17, 15) is 22.0 Å². The lowest BCUT2D eigenvalue weighted by atomic mass is 10.1. The Hall–Kier alpha value is -2.52. The van der Waals surface area contributed by atoms with Crippen LogP contribution in [0, 0.1) is 0 Å². The summed E-state index contributed by atoms with van der Waals surface area (Å²) < 4.78 is 53.8. The molecule has 0 aliphatic carbocycles. The van der Waals surface area contributed by atoms with Crippen molar-refractivity contribution >= 4 is 15.9 Å². The second-order valence-corrected chi connectivity index (χ2v) is 8.00. The van der Waals surface area contributed by atoms with Gasteiger partial charge in [-0.2, -0.15) is 8.78 Å². The molecule has 1 N–H and O–H groups in total. The van der Waals surface area contributed by atoms with Crippen LogP contribution in [0.5, 0.6) is 5.75 Å². The fraction of sp³-hybridized carbons (Fsp3) is 0.278. The fourth-order valence-corrected chi connectivity index (χ4v) is 3.22. The van der Waals surface area contributed by atoms with Crippen molar-refractivity contribution in [1.29, 1.82) is 0 Å². The summed E-state index contributed by atoms with van der Waals surface area (Å²) in [6.07, 6.45) is 0.483. The lowest BCUT2D eigenvalue weighted by molar-refractivity contribution is -0.0498. The Morgan fingerprint density at radius 2 is 1.81 bits per heavy atom. The molecule has 0 spiro atoms. The van der Waals surface area contributed by atoms with Crippen LogP contribution in [0.4, 0.5) is 8.78 Å². The highest BCUT2D eigenvalue weighted by Crippen LogP contribution is 2.16. The summed E-state index contributed by atoms with van der Waals surface area (Å²) in [5.41, 5.74) is 1.07. The van der Waals surface area contributed by atoms with E-state index in [1.54, 1.807) is 12.1 Å². The molecule has 27 heavy (non-hydrogen) atoms. The Morgan fingerprint density at radius 3 is 2.41 bits per heavy atom. The van der Waals surface area contributed by atoms with Crippen molar-refractivity contribution in [2.24, 2.45) is 0 Å². The first-order valence-corrected chi connectivity index (χ1v) is 9.48. The van der Waals surface area contributed by atoms with Crippen molar-refractivity contribution in [1.82, 2.24) is 9.62 Å². The largest absolute Gasteiger partial charge is 0.435 e. The molecule has 0 saturated heterocycles. The number of benzene rings is 2. The van der Waals surface area contributed by atoms with E-state index in [0.717, 1.165) is 9.87 Å². The van der Waals surface area contributed by atoms with Crippen LogP contribution < -0.4 is 10.1 Å². The van der Waals surface area contributed by atoms with E-state index in [2.05, 4.69) is 10.1 Å². The molecule has 0 aromatic heterocycles. The van der Waals surface area contributed by atoms with Gasteiger partial charge in [0.1, 0.15) is 5.75 Å². The van der Waals surface area contributed by atoms with Gasteiger partial charge in [-0.05, 0) is 42.3 Å². The molecular weight excluding hydrogens is 378 g/mol. The van der Waals surface area contributed by atoms with Crippen LogP contribution in [0.2, 0.25) is 0 Å². The zero-order chi connectivity index (χ0) is 20.0. The van der Waals surface area contributed by atoms with Crippen LogP contribution in [0.15, 0.2) is 53.4 Å². The molecule has 146 valence electrons. The molecule has 0 atom stereocenters. The summed E-state index contributed by atoms with van der Waals surface area (Å²) in [7, 11) is -0.788. The number of carbonyl (C=O) groups excluding carboxylic acids is 1. The second kappa shape index (κ2) is 8.92. The van der Waals surface area contributed by atoms with Crippen LogP contribution >= 0.6 is 0 Å². The number of rotatable bonds is 8. The molecule has 0 unspecified atom stereocenters. The van der Waals surface area contributed by atoms with E-state index in [0.29, 0.717) is 13.0 Å². The zero-order valence-corrected chi connectivity index (χ0v) is 15.7. The molecule has 0 saturated carbocycles. The summed E-state index contributed by atoms with van der Waals surface area (Å²) in [5, 5.41) is 2.70. The van der Waals surface area contributed by atoms with Gasteiger partial charge in [-0.1, -0.05) is 18.2 Å². The number of nitrogens with one attached hydrogen (secondary N) is 1. The summed E-state index contributed by atoms with van der Waals surface area (Å²) in [4.78, 5) is 12.3. The number of ether oxygens (including phenoxy) is 1. The van der Waals surface area contributed by atoms with E-state index in [4.69, 9.17) is 0 Å². The highest BCUT2D eigenvalue weighted by Gasteiger charge is 2.18. The van der Waals surface area contributed by atoms with Crippen molar-refractivity contribution in [2.45, 2.75) is 17.9 Å². The van der Waals surface area contributed by atoms with Crippen molar-refractivity contribution in [3.05, 3.63) is 59.7 Å². The minimum absolute atomic E-state index is 0.0368. The third kappa shape index (κ3) is 5.73. The number of carbonyl (C=O) groups is 1. The molecule has 0 heterocycles. The highest BCUT2D eigenvalue weighted by atomic mass is 32.2. The van der Waals surface area contributed by atoms with Crippen molar-refractivity contribution in [2.75, 3.05) is 20.6 Å². The van der Waals surface area contributed by atoms with Crippen molar-refractivity contribution in [3.63, 3.8) is 0 Å². The maximum absolute atomic E-state index is 12.2. The average Bonchev–Trinajstić information content (AvgIpc) is 2.62. The normalized spacial score (nSPS) is 11.6. The Kier molecular flexibility index (Phi) is 6.86. The van der Waals surface area contributed by atoms with Gasteiger partial charge in [0.2, 0.25) is 10.0 Å². The van der Waals surface area contributed by atoms with Gasteiger partial charge in [0.15, 0.2) is 0 Å². The molecule has 0 aliphatic rings. The van der Waals surface area contributed by atoms with Crippen molar-refractivity contribution < 1.29 is 26.7 Å². The first-order chi connectivity index (χ1) is 12.7. The lowest BCUT2D eigenvalue weighted by Crippen LogP contribution is -2.26. The molecule has 9 heteroatoms. The molecule has 0 bridgehead atoms. The lowest BCUT2D eigenvalue weighted by Gasteiger charge is -2.12. The van der Waals surface area contributed by atoms with E-state index in [-0.39, 0.29) is 16.2 Å². The predicted molar refractivity (Wildman–Crippen MR) is 96.4 cm³/mol. The number of halogens is 2. The summed E-state index contributed by atoms with van der Waals surface area (Å²) in [5.74, 6) is -0.333. The Bertz CT molecular complexity index is 884. The number of nitrogens with zero attached hydrogens (tertiary/aromatic N) is 1. The topological polar surface area (TPSA) is 75.7 Å². The smallest absolute Gasteiger partial charge is 0.387 e. The molecule has 0 radical (unpaired) electrons. The Morgan fingerprint density at radius 1 is 1.15 bits per heavy atom. The van der Waals surface area contributed by atoms with Crippen LogP contribution in [0.25, 0.3) is 0 Å². The van der Waals surface area contributed by atoms with Gasteiger partial charge in [0, 0.05) is 26.2 Å². The van der Waals surface area contributed by atoms with Gasteiger partial charge in [-0.15, -0.1) is 0 Å². The van der Waals surface area contributed by atoms with Gasteiger partial charge >= 0.3 is 6.61 Å². The van der Waals surface area contributed by atoms with Gasteiger partial charge in [0.25, 0.3) is 5.91 Å². The molecule has 2 aromatic carbocycles. The minimum atomic E-state index is -3.62. The maximum Gasteiger partial charge on any atom is 0.387 e. The fourth-order valence-electron chi connectivity index (χ4n) is 2.27. The number of hydrogen-bond donors (Lipinski definition) is 1. The standard InChI is InChI=1S/C18H20F2N2O4S/c1-22(2)27(24,25)16-5-3-4-14(12-16)17(23)21-11-10-13-6-8-15(9-7-13)26-18(19)20/h3-9,12,18H,10-11H2,1-2H3,(H,21,23). The minimum Gasteiger partial charge on any atom is -0.435 e. The summed E-state index contributed by atoms with van der Waals surface area (Å²) in [6, 6.07) is 11.9. The molecule has 2 aromatic rings. The van der Waals surface area contributed by atoms with Crippen LogP contribution in [0.1, 0.15) is 15.9 Å². The number of hydrogen-bond acceptors (Lipinski definition) is 4. The SMILES string of the molecule is CN(C)S(=O)(=O)c1cccc(C(=O)NCCc2ccc(OC(F)F)cc2)c1. The predicted octanol–water partition coefficient (Wildman–Crippen LogP) is 2.51. The van der Waals surface area contributed by atoms with Gasteiger partial charge in [0.05, 0.1) is 4.90 Å². The summed E-state index contributed by atoms with van der Waals surface area (Å²) in [6.45, 7) is -2.57. The van der Waals surface area contributed by atoms with Crippen LogP contribution in [-0.2, 0) is 16.4 Å². The molecule has 6 nitrogen and oxygen atoms in total. The van der Waals surface area contributed by atoms with E-state index in [1.165, 1.54) is 50.5 Å². The first kappa shape index (κ1) is 20.8. The number of alkyl halides is 2. The molecule has 2 rings (SSSR count). The third-order valence-corrected chi connectivity index (χ3v) is 5.53. The van der Waals surface area contributed by atoms with Gasteiger partial charge in [-0.25, -0.2) is 12.7 Å². The molecule has 0 fully saturated rings. The van der Waals surface area contributed by atoms with E-state index < -0.39 is 22.5 Å². The zero-order valence-electron chi connectivity index (χ0n) is 14.9. The number of amides is 1. The van der Waals surface area contributed by atoms with Gasteiger partial charge < -0.3 is 10.1 Å². The third-order valence-electron chi connectivity index (χ3n) is 3.72. The number of sulfonamides is 1. The van der Waals surface area contributed by atoms with E-state index in [1.807, 2.05) is 0 Å². The molecule has 0 aliphatic heterocycles. The van der Waals surface area contributed by atoms with Gasteiger partial charge in [-0.3, -0.25) is 4.79 Å². The molecular formula is C18H20F2N2O4S. The Balaban J connectivity index is 1.94. The highest BCUT2D eigenvalue weighted by molar-refractivity contribution is 7.89. The Labute approximate surface area is 156 Å². The average molecular weight is 398 g/mol. The van der Waals surface area contributed by atoms with Crippen LogP contribution in [-0.4, -0.2) is 45.9 Å². The summed E-state index contributed by atoms with van der Waals surface area (Å²) >= 11 is 0. The quantitative estimate of drug-likeness (QED) is 0.741. The van der Waals surface area contributed by atoms with E-state index >= 15 is 0 Å².